The second-order valence-electron chi connectivity index (χ2n) is 10.7. The summed E-state index contributed by atoms with van der Waals surface area (Å²) in [6.45, 7) is 5.34. The largest absolute Gasteiger partial charge is 0.450 e. The van der Waals surface area contributed by atoms with E-state index in [0.717, 1.165) is 6.08 Å². The van der Waals surface area contributed by atoms with E-state index < -0.39 is 76.5 Å². The number of halogens is 3. The summed E-state index contributed by atoms with van der Waals surface area (Å²) in [4.78, 5) is 37.3. The number of allylic oxidation sites excluding steroid dienone is 4. The van der Waals surface area contributed by atoms with E-state index in [0.29, 0.717) is 6.42 Å². The fraction of sp³-hybridized carbons (Fsp3) is 0.720. The Hall–Kier alpha value is -1.96. The minimum atomic E-state index is -1.77. The molecule has 0 heterocycles. The molecule has 182 valence electrons. The van der Waals surface area contributed by atoms with Crippen LogP contribution in [-0.4, -0.2) is 47.2 Å². The van der Waals surface area contributed by atoms with Gasteiger partial charge in [-0.1, -0.05) is 33.8 Å². The maximum Gasteiger partial charge on any atom is 0.306 e. The summed E-state index contributed by atoms with van der Waals surface area (Å²) in [5.74, 6) is -5.46. The molecule has 3 fully saturated rings. The Kier molecular flexibility index (Phi) is 5.70. The summed E-state index contributed by atoms with van der Waals surface area (Å²) in [7, 11) is 0. The number of alkyl halides is 2. The number of hydrogen-bond donors (Lipinski definition) is 1. The molecule has 4 aliphatic carbocycles. The SMILES string of the molecule is CCC(=O)O[C@]1(C(=O)CF)C(C)C[C@H]2[C@@H]3CC(F)C4=C(F)C(=O)C=C[C@]4(C)[C@H]3C(O)C[C@@]21C. The van der Waals surface area contributed by atoms with Gasteiger partial charge in [0, 0.05) is 34.7 Å². The molecule has 9 atom stereocenters. The first kappa shape index (κ1) is 24.2. The molecular weight excluding hydrogens is 437 g/mol. The van der Waals surface area contributed by atoms with E-state index in [1.54, 1.807) is 27.7 Å². The molecule has 8 heteroatoms. The third-order valence-corrected chi connectivity index (χ3v) is 9.19. The van der Waals surface area contributed by atoms with E-state index in [9.17, 15) is 28.3 Å². The molecule has 4 aliphatic rings. The molecule has 33 heavy (non-hydrogen) atoms. The Morgan fingerprint density at radius 2 is 1.94 bits per heavy atom. The lowest BCUT2D eigenvalue weighted by molar-refractivity contribution is -0.205. The predicted octanol–water partition coefficient (Wildman–Crippen LogP) is 3.99. The first-order chi connectivity index (χ1) is 15.4. The lowest BCUT2D eigenvalue weighted by Gasteiger charge is -2.60. The van der Waals surface area contributed by atoms with Crippen LogP contribution in [0.1, 0.15) is 53.4 Å². The number of ketones is 2. The van der Waals surface area contributed by atoms with Crippen molar-refractivity contribution in [2.24, 2.45) is 34.5 Å². The normalized spacial score (nSPS) is 46.5. The van der Waals surface area contributed by atoms with Crippen LogP contribution in [0.3, 0.4) is 0 Å². The van der Waals surface area contributed by atoms with Crippen LogP contribution in [-0.2, 0) is 19.1 Å². The summed E-state index contributed by atoms with van der Waals surface area (Å²) in [6, 6.07) is 0. The van der Waals surface area contributed by atoms with Crippen molar-refractivity contribution in [1.29, 1.82) is 0 Å². The van der Waals surface area contributed by atoms with Gasteiger partial charge in [0.15, 0.2) is 18.1 Å². The lowest BCUT2D eigenvalue weighted by atomic mass is 9.45. The zero-order chi connectivity index (χ0) is 24.5. The van der Waals surface area contributed by atoms with Crippen LogP contribution in [0, 0.1) is 34.5 Å². The van der Waals surface area contributed by atoms with Crippen LogP contribution in [0.2, 0.25) is 0 Å². The quantitative estimate of drug-likeness (QED) is 0.631. The number of esters is 1. The molecule has 0 aromatic carbocycles. The van der Waals surface area contributed by atoms with E-state index in [1.807, 2.05) is 0 Å². The standard InChI is InChI=1S/C25H31F3O5/c1-5-19(32)33-25(18(31)11-26)12(2)8-14-13-9-15(27)21-22(28)16(29)6-7-23(21,3)20(13)17(30)10-24(14,25)4/h6-7,12-15,17,20,30H,5,8-11H2,1-4H3/t12?,13-,14-,15?,17?,20+,23+,24-,25-/m0/s1. The fourth-order valence-electron chi connectivity index (χ4n) is 7.97. The molecule has 0 bridgehead atoms. The Morgan fingerprint density at radius 1 is 1.27 bits per heavy atom. The molecule has 3 saturated carbocycles. The Balaban J connectivity index is 1.85. The molecule has 0 radical (unpaired) electrons. The van der Waals surface area contributed by atoms with Crippen molar-refractivity contribution in [2.45, 2.75) is 71.3 Å². The highest BCUT2D eigenvalue weighted by molar-refractivity contribution is 6.04. The highest BCUT2D eigenvalue weighted by Crippen LogP contribution is 2.69. The summed E-state index contributed by atoms with van der Waals surface area (Å²) in [5, 5.41) is 11.4. The maximum atomic E-state index is 15.5. The van der Waals surface area contributed by atoms with Gasteiger partial charge in [0.25, 0.3) is 0 Å². The Labute approximate surface area is 191 Å². The van der Waals surface area contributed by atoms with Gasteiger partial charge < -0.3 is 9.84 Å². The van der Waals surface area contributed by atoms with Crippen molar-refractivity contribution in [1.82, 2.24) is 0 Å². The number of carbonyl (C=O) groups excluding carboxylic acids is 3. The zero-order valence-corrected chi connectivity index (χ0v) is 19.4. The number of rotatable bonds is 4. The second kappa shape index (κ2) is 7.79. The summed E-state index contributed by atoms with van der Waals surface area (Å²) < 4.78 is 49.8. The molecule has 0 spiro atoms. The molecule has 5 nitrogen and oxygen atoms in total. The molecule has 0 amide bonds. The maximum absolute atomic E-state index is 15.5. The van der Waals surface area contributed by atoms with E-state index >= 15 is 4.39 Å². The molecule has 1 N–H and O–H groups in total. The average molecular weight is 469 g/mol. The van der Waals surface area contributed by atoms with Crippen molar-refractivity contribution >= 4 is 17.5 Å². The van der Waals surface area contributed by atoms with E-state index in [-0.39, 0.29) is 30.8 Å². The van der Waals surface area contributed by atoms with Gasteiger partial charge in [0.1, 0.15) is 6.17 Å². The summed E-state index contributed by atoms with van der Waals surface area (Å²) in [5.41, 5.74) is -4.32. The van der Waals surface area contributed by atoms with Gasteiger partial charge in [-0.2, -0.15) is 0 Å². The highest BCUT2D eigenvalue weighted by atomic mass is 19.1. The lowest BCUT2D eigenvalue weighted by Crippen LogP contribution is -2.64. The van der Waals surface area contributed by atoms with Crippen molar-refractivity contribution in [3.05, 3.63) is 23.6 Å². The summed E-state index contributed by atoms with van der Waals surface area (Å²) in [6.07, 6.45) is -0.0120. The van der Waals surface area contributed by atoms with Crippen LogP contribution >= 0.6 is 0 Å². The third-order valence-electron chi connectivity index (χ3n) is 9.19. The van der Waals surface area contributed by atoms with Gasteiger partial charge in [-0.3, -0.25) is 14.4 Å². The number of fused-ring (bicyclic) bond motifs is 5. The number of Topliss-reactive ketones (excluding diaryl/α,β-unsaturated/α-hetero) is 1. The average Bonchev–Trinajstić information content (AvgIpc) is 2.97. The molecule has 0 aromatic rings. The van der Waals surface area contributed by atoms with Gasteiger partial charge >= 0.3 is 5.97 Å². The predicted molar refractivity (Wildman–Crippen MR) is 113 cm³/mol. The fourth-order valence-corrected chi connectivity index (χ4v) is 7.97. The minimum absolute atomic E-state index is 0.000267. The molecular formula is C25H31F3O5. The van der Waals surface area contributed by atoms with Gasteiger partial charge in [-0.15, -0.1) is 0 Å². The monoisotopic (exact) mass is 468 g/mol. The number of hydrogen-bond acceptors (Lipinski definition) is 5. The van der Waals surface area contributed by atoms with Gasteiger partial charge in [0.05, 0.1) is 6.10 Å². The van der Waals surface area contributed by atoms with E-state index in [1.165, 1.54) is 6.08 Å². The molecule has 0 saturated heterocycles. The Bertz CT molecular complexity index is 960. The smallest absolute Gasteiger partial charge is 0.306 e. The minimum Gasteiger partial charge on any atom is -0.450 e. The molecule has 0 aromatic heterocycles. The van der Waals surface area contributed by atoms with Crippen LogP contribution in [0.4, 0.5) is 13.2 Å². The first-order valence-electron chi connectivity index (χ1n) is 11.7. The molecule has 0 aliphatic heterocycles. The topological polar surface area (TPSA) is 80.7 Å². The summed E-state index contributed by atoms with van der Waals surface area (Å²) >= 11 is 0. The van der Waals surface area contributed by atoms with E-state index in [2.05, 4.69) is 0 Å². The first-order valence-corrected chi connectivity index (χ1v) is 11.7. The van der Waals surface area contributed by atoms with Gasteiger partial charge in [0.2, 0.25) is 11.6 Å². The second-order valence-corrected chi connectivity index (χ2v) is 10.7. The van der Waals surface area contributed by atoms with Crippen molar-refractivity contribution in [3.8, 4) is 0 Å². The number of ether oxygens (including phenoxy) is 1. The highest BCUT2D eigenvalue weighted by Gasteiger charge is 2.73. The zero-order valence-electron chi connectivity index (χ0n) is 19.4. The van der Waals surface area contributed by atoms with Gasteiger partial charge in [-0.25, -0.2) is 13.2 Å². The molecule has 4 rings (SSSR count). The molecule has 3 unspecified atom stereocenters. The number of carbonyl (C=O) groups is 3. The van der Waals surface area contributed by atoms with Crippen LogP contribution in [0.15, 0.2) is 23.6 Å². The van der Waals surface area contributed by atoms with E-state index in [4.69, 9.17) is 4.74 Å². The van der Waals surface area contributed by atoms with Crippen molar-refractivity contribution in [3.63, 3.8) is 0 Å². The van der Waals surface area contributed by atoms with Crippen molar-refractivity contribution in [2.75, 3.05) is 6.67 Å². The third kappa shape index (κ3) is 2.98. The van der Waals surface area contributed by atoms with Crippen LogP contribution in [0.25, 0.3) is 0 Å². The van der Waals surface area contributed by atoms with Crippen LogP contribution < -0.4 is 0 Å². The number of aliphatic hydroxyl groups is 1. The van der Waals surface area contributed by atoms with Crippen molar-refractivity contribution < 1.29 is 37.4 Å². The van der Waals surface area contributed by atoms with Gasteiger partial charge in [-0.05, 0) is 37.2 Å². The Morgan fingerprint density at radius 3 is 2.55 bits per heavy atom. The van der Waals surface area contributed by atoms with Crippen LogP contribution in [0.5, 0.6) is 0 Å². The number of aliphatic hydroxyl groups excluding tert-OH is 1.